The monoisotopic (exact) mass is 324 g/mol. The van der Waals surface area contributed by atoms with Gasteiger partial charge in [0, 0.05) is 30.1 Å². The van der Waals surface area contributed by atoms with Crippen molar-refractivity contribution in [2.75, 3.05) is 6.54 Å². The summed E-state index contributed by atoms with van der Waals surface area (Å²) in [5, 5.41) is 9.03. The van der Waals surface area contributed by atoms with E-state index >= 15 is 0 Å². The van der Waals surface area contributed by atoms with Crippen LogP contribution in [0.4, 0.5) is 18.0 Å². The largest absolute Gasteiger partial charge is 0.465 e. The molecule has 1 aliphatic heterocycles. The molecule has 0 spiro atoms. The molecular weight excluding hydrogens is 313 g/mol. The molecule has 23 heavy (non-hydrogen) atoms. The van der Waals surface area contributed by atoms with Crippen molar-refractivity contribution in [2.45, 2.75) is 19.1 Å². The molecule has 0 saturated heterocycles. The molecule has 0 unspecified atom stereocenters. The minimum atomic E-state index is -4.63. The van der Waals surface area contributed by atoms with Gasteiger partial charge in [0.2, 0.25) is 0 Å². The van der Waals surface area contributed by atoms with Crippen LogP contribution < -0.4 is 0 Å². The first-order valence-corrected chi connectivity index (χ1v) is 6.71. The fourth-order valence-electron chi connectivity index (χ4n) is 2.45. The Morgan fingerprint density at radius 2 is 2.09 bits per heavy atom. The number of rotatable bonds is 1. The van der Waals surface area contributed by atoms with E-state index in [1.807, 2.05) is 0 Å². The number of fused-ring (bicyclic) bond motifs is 1. The van der Waals surface area contributed by atoms with Gasteiger partial charge in [-0.05, 0) is 18.6 Å². The van der Waals surface area contributed by atoms with Crippen molar-refractivity contribution in [3.05, 3.63) is 41.5 Å². The average Bonchev–Trinajstić information content (AvgIpc) is 2.53. The third kappa shape index (κ3) is 2.94. The molecule has 2 aromatic rings. The number of nitrogens with zero attached hydrogens (tertiary/aromatic N) is 4. The van der Waals surface area contributed by atoms with Crippen LogP contribution in [0.3, 0.4) is 0 Å². The van der Waals surface area contributed by atoms with Gasteiger partial charge >= 0.3 is 12.3 Å². The summed E-state index contributed by atoms with van der Waals surface area (Å²) in [6, 6.07) is 3.11. The average molecular weight is 324 g/mol. The minimum Gasteiger partial charge on any atom is -0.465 e. The zero-order valence-electron chi connectivity index (χ0n) is 11.7. The molecule has 0 atom stereocenters. The van der Waals surface area contributed by atoms with E-state index < -0.39 is 18.0 Å². The predicted octanol–water partition coefficient (Wildman–Crippen LogP) is 2.59. The number of amides is 1. The van der Waals surface area contributed by atoms with Crippen molar-refractivity contribution in [3.63, 3.8) is 0 Å². The van der Waals surface area contributed by atoms with E-state index in [1.165, 1.54) is 12.4 Å². The third-order valence-corrected chi connectivity index (χ3v) is 3.52. The van der Waals surface area contributed by atoms with Crippen LogP contribution in [-0.4, -0.2) is 37.6 Å². The second kappa shape index (κ2) is 5.49. The summed E-state index contributed by atoms with van der Waals surface area (Å²) in [4.78, 5) is 23.7. The lowest BCUT2D eigenvalue weighted by atomic mass is 10.0. The summed E-state index contributed by atoms with van der Waals surface area (Å²) in [7, 11) is 0. The van der Waals surface area contributed by atoms with Gasteiger partial charge in [0.05, 0.1) is 12.2 Å². The number of pyridine rings is 1. The molecule has 0 bridgehead atoms. The number of aromatic nitrogens is 3. The Morgan fingerprint density at radius 1 is 1.30 bits per heavy atom. The predicted molar refractivity (Wildman–Crippen MR) is 72.4 cm³/mol. The lowest BCUT2D eigenvalue weighted by molar-refractivity contribution is -0.142. The molecule has 1 aliphatic rings. The number of alkyl halides is 3. The van der Waals surface area contributed by atoms with Crippen molar-refractivity contribution in [1.29, 1.82) is 0 Å². The number of halogens is 3. The van der Waals surface area contributed by atoms with Crippen LogP contribution >= 0.6 is 0 Å². The number of hydrogen-bond acceptors (Lipinski definition) is 4. The quantitative estimate of drug-likeness (QED) is 0.872. The molecule has 0 radical (unpaired) electrons. The Kier molecular flexibility index (Phi) is 3.63. The SMILES string of the molecule is O=C(O)N1CCc2c(nc(-c3cccnc3)nc2C(F)(F)F)C1. The first-order chi connectivity index (χ1) is 10.9. The van der Waals surface area contributed by atoms with Gasteiger partial charge in [0.25, 0.3) is 0 Å². The highest BCUT2D eigenvalue weighted by atomic mass is 19.4. The lowest BCUT2D eigenvalue weighted by Gasteiger charge is -2.27. The zero-order chi connectivity index (χ0) is 16.6. The van der Waals surface area contributed by atoms with E-state index in [0.717, 1.165) is 4.90 Å². The third-order valence-electron chi connectivity index (χ3n) is 3.52. The molecule has 3 rings (SSSR count). The summed E-state index contributed by atoms with van der Waals surface area (Å²) in [6.07, 6.45) is -3.04. The summed E-state index contributed by atoms with van der Waals surface area (Å²) >= 11 is 0. The highest BCUT2D eigenvalue weighted by Gasteiger charge is 2.39. The molecular formula is C14H11F3N4O2. The van der Waals surface area contributed by atoms with Gasteiger partial charge in [-0.2, -0.15) is 13.2 Å². The van der Waals surface area contributed by atoms with Crippen LogP contribution in [0.5, 0.6) is 0 Å². The molecule has 9 heteroatoms. The van der Waals surface area contributed by atoms with Gasteiger partial charge in [0.15, 0.2) is 11.5 Å². The smallest absolute Gasteiger partial charge is 0.433 e. The standard InChI is InChI=1S/C14H11F3N4O2/c15-14(16,17)11-9-3-5-21(13(22)23)7-10(9)19-12(20-11)8-2-1-4-18-6-8/h1-2,4,6H,3,5,7H2,(H,22,23). The van der Waals surface area contributed by atoms with E-state index in [1.54, 1.807) is 12.1 Å². The van der Waals surface area contributed by atoms with E-state index in [0.29, 0.717) is 5.56 Å². The summed E-state index contributed by atoms with van der Waals surface area (Å²) in [6.45, 7) is -0.204. The molecule has 1 amide bonds. The highest BCUT2D eigenvalue weighted by Crippen LogP contribution is 2.35. The lowest BCUT2D eigenvalue weighted by Crippen LogP contribution is -2.36. The maximum Gasteiger partial charge on any atom is 0.433 e. The zero-order valence-corrected chi connectivity index (χ0v) is 11.7. The Bertz CT molecular complexity index is 750. The maximum atomic E-state index is 13.3. The Labute approximate surface area is 128 Å². The Hall–Kier alpha value is -2.71. The van der Waals surface area contributed by atoms with Crippen LogP contribution in [0.15, 0.2) is 24.5 Å². The van der Waals surface area contributed by atoms with Crippen LogP contribution in [0.1, 0.15) is 17.0 Å². The van der Waals surface area contributed by atoms with Crippen molar-refractivity contribution in [1.82, 2.24) is 19.9 Å². The molecule has 6 nitrogen and oxygen atoms in total. The van der Waals surface area contributed by atoms with Gasteiger partial charge in [-0.3, -0.25) is 4.98 Å². The Morgan fingerprint density at radius 3 is 2.70 bits per heavy atom. The fraction of sp³-hybridized carbons (Fsp3) is 0.286. The molecule has 3 heterocycles. The molecule has 0 saturated carbocycles. The molecule has 1 N–H and O–H groups in total. The van der Waals surface area contributed by atoms with Crippen LogP contribution in [-0.2, 0) is 19.1 Å². The number of hydrogen-bond donors (Lipinski definition) is 1. The first-order valence-electron chi connectivity index (χ1n) is 6.71. The molecule has 120 valence electrons. The van der Waals surface area contributed by atoms with Gasteiger partial charge in [-0.25, -0.2) is 14.8 Å². The van der Waals surface area contributed by atoms with Crippen molar-refractivity contribution >= 4 is 6.09 Å². The number of carboxylic acid groups (broad SMARTS) is 1. The summed E-state index contributed by atoms with van der Waals surface area (Å²) < 4.78 is 39.9. The van der Waals surface area contributed by atoms with E-state index in [9.17, 15) is 18.0 Å². The van der Waals surface area contributed by atoms with E-state index in [-0.39, 0.29) is 36.6 Å². The summed E-state index contributed by atoms with van der Waals surface area (Å²) in [5.74, 6) is -0.114. The minimum absolute atomic E-state index is 0.0129. The second-order valence-electron chi connectivity index (χ2n) is 5.01. The van der Waals surface area contributed by atoms with Crippen LogP contribution in [0.25, 0.3) is 11.4 Å². The molecule has 0 aliphatic carbocycles. The van der Waals surface area contributed by atoms with E-state index in [4.69, 9.17) is 5.11 Å². The first kappa shape index (κ1) is 15.2. The van der Waals surface area contributed by atoms with Crippen molar-refractivity contribution in [2.24, 2.45) is 0 Å². The summed E-state index contributed by atoms with van der Waals surface area (Å²) in [5.41, 5.74) is -0.623. The highest BCUT2D eigenvalue weighted by molar-refractivity contribution is 5.65. The van der Waals surface area contributed by atoms with Gasteiger partial charge in [-0.15, -0.1) is 0 Å². The van der Waals surface area contributed by atoms with Crippen LogP contribution in [0.2, 0.25) is 0 Å². The Balaban J connectivity index is 2.14. The molecule has 0 aromatic carbocycles. The number of carbonyl (C=O) groups is 1. The molecule has 2 aromatic heterocycles. The normalized spacial score (nSPS) is 14.5. The second-order valence-corrected chi connectivity index (χ2v) is 5.01. The van der Waals surface area contributed by atoms with Gasteiger partial charge < -0.3 is 10.0 Å². The van der Waals surface area contributed by atoms with Gasteiger partial charge in [0.1, 0.15) is 0 Å². The topological polar surface area (TPSA) is 79.2 Å². The van der Waals surface area contributed by atoms with Gasteiger partial charge in [-0.1, -0.05) is 0 Å². The van der Waals surface area contributed by atoms with Crippen molar-refractivity contribution < 1.29 is 23.1 Å². The van der Waals surface area contributed by atoms with Crippen molar-refractivity contribution in [3.8, 4) is 11.4 Å². The van der Waals surface area contributed by atoms with Crippen LogP contribution in [0, 0.1) is 0 Å². The molecule has 0 fully saturated rings. The maximum absolute atomic E-state index is 13.3. The van der Waals surface area contributed by atoms with E-state index in [2.05, 4.69) is 15.0 Å². The fourth-order valence-corrected chi connectivity index (χ4v) is 2.45.